The molecular weight excluding hydrogens is 569 g/mol. The first-order valence-corrected chi connectivity index (χ1v) is 13.5. The zero-order valence-corrected chi connectivity index (χ0v) is 23.3. The van der Waals surface area contributed by atoms with E-state index in [1.54, 1.807) is 31.4 Å². The van der Waals surface area contributed by atoms with Crippen molar-refractivity contribution >= 4 is 40.8 Å². The SMILES string of the molecule is COCCOc1cccc2c1CCN(C(=O)C1CC(c3cccc(Cl)c3F)=NO1)C2C(=O)Nc1ccc(C(=O)O)cc1. The fourth-order valence-electron chi connectivity index (χ4n) is 5.01. The monoisotopic (exact) mass is 595 g/mol. The fourth-order valence-corrected chi connectivity index (χ4v) is 5.19. The highest BCUT2D eigenvalue weighted by atomic mass is 35.5. The maximum Gasteiger partial charge on any atom is 0.335 e. The maximum absolute atomic E-state index is 14.6. The first kappa shape index (κ1) is 29.0. The third kappa shape index (κ3) is 5.93. The van der Waals surface area contributed by atoms with E-state index in [9.17, 15) is 23.9 Å². The molecule has 0 aromatic heterocycles. The smallest absolute Gasteiger partial charge is 0.335 e. The molecule has 2 aliphatic heterocycles. The summed E-state index contributed by atoms with van der Waals surface area (Å²) in [5, 5.41) is 15.9. The summed E-state index contributed by atoms with van der Waals surface area (Å²) < 4.78 is 25.6. The third-order valence-electron chi connectivity index (χ3n) is 7.06. The van der Waals surface area contributed by atoms with Crippen molar-refractivity contribution in [2.45, 2.75) is 25.0 Å². The predicted molar refractivity (Wildman–Crippen MR) is 151 cm³/mol. The number of anilines is 1. The molecule has 3 aromatic carbocycles. The third-order valence-corrected chi connectivity index (χ3v) is 7.35. The molecule has 0 spiro atoms. The molecule has 218 valence electrons. The molecule has 10 nitrogen and oxygen atoms in total. The average Bonchev–Trinajstić information content (AvgIpc) is 3.48. The Morgan fingerprint density at radius 2 is 1.88 bits per heavy atom. The Morgan fingerprint density at radius 3 is 2.62 bits per heavy atom. The Hall–Kier alpha value is -4.48. The molecule has 2 N–H and O–H groups in total. The first-order valence-electron chi connectivity index (χ1n) is 13.1. The molecule has 0 radical (unpaired) electrons. The summed E-state index contributed by atoms with van der Waals surface area (Å²) >= 11 is 5.92. The van der Waals surface area contributed by atoms with E-state index in [1.165, 1.54) is 41.3 Å². The van der Waals surface area contributed by atoms with Gasteiger partial charge in [-0.3, -0.25) is 9.59 Å². The van der Waals surface area contributed by atoms with E-state index in [0.717, 1.165) is 5.56 Å². The number of carboxylic acid groups (broad SMARTS) is 1. The topological polar surface area (TPSA) is 127 Å². The molecule has 2 atom stereocenters. The number of carbonyl (C=O) groups excluding carboxylic acids is 2. The number of oxime groups is 1. The second kappa shape index (κ2) is 12.6. The van der Waals surface area contributed by atoms with Gasteiger partial charge in [-0.2, -0.15) is 0 Å². The van der Waals surface area contributed by atoms with E-state index in [0.29, 0.717) is 36.6 Å². The second-order valence-corrected chi connectivity index (χ2v) is 10.1. The van der Waals surface area contributed by atoms with Crippen molar-refractivity contribution in [2.75, 3.05) is 32.2 Å². The van der Waals surface area contributed by atoms with E-state index in [2.05, 4.69) is 10.5 Å². The van der Waals surface area contributed by atoms with Crippen LogP contribution in [-0.2, 0) is 25.6 Å². The lowest BCUT2D eigenvalue weighted by atomic mass is 9.90. The van der Waals surface area contributed by atoms with Crippen LogP contribution in [-0.4, -0.2) is 66.5 Å². The van der Waals surface area contributed by atoms with E-state index in [-0.39, 0.29) is 34.8 Å². The van der Waals surface area contributed by atoms with Crippen molar-refractivity contribution in [3.05, 3.63) is 93.8 Å². The van der Waals surface area contributed by atoms with Gasteiger partial charge >= 0.3 is 5.97 Å². The van der Waals surface area contributed by atoms with Gasteiger partial charge in [-0.15, -0.1) is 0 Å². The van der Waals surface area contributed by atoms with Crippen molar-refractivity contribution in [2.24, 2.45) is 5.16 Å². The molecule has 12 heteroatoms. The number of hydrogen-bond acceptors (Lipinski definition) is 7. The maximum atomic E-state index is 14.6. The van der Waals surface area contributed by atoms with Crippen molar-refractivity contribution in [3.63, 3.8) is 0 Å². The molecule has 5 rings (SSSR count). The minimum Gasteiger partial charge on any atom is -0.491 e. The number of nitrogens with zero attached hydrogens (tertiary/aromatic N) is 2. The molecule has 0 saturated carbocycles. The lowest BCUT2D eigenvalue weighted by Gasteiger charge is -2.37. The van der Waals surface area contributed by atoms with E-state index in [4.69, 9.17) is 25.9 Å². The van der Waals surface area contributed by atoms with Gasteiger partial charge in [0.05, 0.1) is 22.9 Å². The molecular formula is C30H27ClFN3O7. The van der Waals surface area contributed by atoms with E-state index < -0.39 is 35.7 Å². The number of ether oxygens (including phenoxy) is 2. The largest absolute Gasteiger partial charge is 0.491 e. The van der Waals surface area contributed by atoms with Gasteiger partial charge in [-0.1, -0.05) is 35.0 Å². The van der Waals surface area contributed by atoms with Crippen LogP contribution in [0.4, 0.5) is 10.1 Å². The minimum absolute atomic E-state index is 0.00931. The van der Waals surface area contributed by atoms with Gasteiger partial charge in [0.1, 0.15) is 18.4 Å². The number of nitrogens with one attached hydrogen (secondary N) is 1. The minimum atomic E-state index is -1.09. The van der Waals surface area contributed by atoms with Crippen LogP contribution in [0.25, 0.3) is 0 Å². The number of methoxy groups -OCH3 is 1. The fraction of sp³-hybridized carbons (Fsp3) is 0.267. The molecule has 0 bridgehead atoms. The first-order chi connectivity index (χ1) is 20.3. The van der Waals surface area contributed by atoms with Gasteiger partial charge in [0, 0.05) is 36.9 Å². The lowest BCUT2D eigenvalue weighted by Crippen LogP contribution is -2.49. The van der Waals surface area contributed by atoms with Gasteiger partial charge in [0.25, 0.3) is 11.8 Å². The second-order valence-electron chi connectivity index (χ2n) is 9.66. The summed E-state index contributed by atoms with van der Waals surface area (Å²) in [6, 6.07) is 14.4. The highest BCUT2D eigenvalue weighted by Crippen LogP contribution is 2.37. The van der Waals surface area contributed by atoms with Crippen LogP contribution in [0, 0.1) is 5.82 Å². The van der Waals surface area contributed by atoms with Gasteiger partial charge in [0.15, 0.2) is 5.82 Å². The number of halogens is 2. The Labute approximate surface area is 245 Å². The van der Waals surface area contributed by atoms with Crippen LogP contribution in [0.1, 0.15) is 39.5 Å². The van der Waals surface area contributed by atoms with Crippen molar-refractivity contribution in [1.82, 2.24) is 4.90 Å². The predicted octanol–water partition coefficient (Wildman–Crippen LogP) is 4.46. The molecule has 2 aliphatic rings. The number of fused-ring (bicyclic) bond motifs is 1. The summed E-state index contributed by atoms with van der Waals surface area (Å²) in [5.41, 5.74) is 2.15. The molecule has 3 aromatic rings. The Balaban J connectivity index is 1.42. The van der Waals surface area contributed by atoms with Gasteiger partial charge in [-0.25, -0.2) is 9.18 Å². The van der Waals surface area contributed by atoms with Crippen LogP contribution in [0.5, 0.6) is 5.75 Å². The van der Waals surface area contributed by atoms with Crippen LogP contribution in [0.2, 0.25) is 5.02 Å². The van der Waals surface area contributed by atoms with E-state index in [1.807, 2.05) is 0 Å². The zero-order chi connectivity index (χ0) is 29.8. The van der Waals surface area contributed by atoms with Crippen LogP contribution in [0.15, 0.2) is 65.8 Å². The Morgan fingerprint density at radius 1 is 1.12 bits per heavy atom. The molecule has 2 unspecified atom stereocenters. The highest BCUT2D eigenvalue weighted by Gasteiger charge is 2.42. The van der Waals surface area contributed by atoms with Crippen molar-refractivity contribution < 1.29 is 38.2 Å². The number of carbonyl (C=O) groups is 3. The number of rotatable bonds is 9. The average molecular weight is 596 g/mol. The normalized spacial score (nSPS) is 17.6. The standard InChI is InChI=1S/C30H27ClFN3O7/c1-40-14-15-41-24-7-3-4-20-19(24)12-13-35(27(20)28(36)33-18-10-8-17(9-11-18)30(38)39)29(37)25-16-23(34-42-25)21-5-2-6-22(31)26(21)32/h2-11,25,27H,12-16H2,1H3,(H,33,36)(H,38,39). The number of carboxylic acids is 1. The Kier molecular flexibility index (Phi) is 8.69. The molecule has 2 heterocycles. The zero-order valence-electron chi connectivity index (χ0n) is 22.5. The number of hydrogen-bond donors (Lipinski definition) is 2. The van der Waals surface area contributed by atoms with Crippen LogP contribution in [0.3, 0.4) is 0 Å². The van der Waals surface area contributed by atoms with Crippen molar-refractivity contribution in [1.29, 1.82) is 0 Å². The number of amides is 2. The summed E-state index contributed by atoms with van der Waals surface area (Å²) in [5.74, 6) is -2.17. The summed E-state index contributed by atoms with van der Waals surface area (Å²) in [4.78, 5) is 45.7. The van der Waals surface area contributed by atoms with Crippen molar-refractivity contribution in [3.8, 4) is 5.75 Å². The summed E-state index contributed by atoms with van der Waals surface area (Å²) in [6.07, 6.45) is -0.679. The molecule has 0 fully saturated rings. The van der Waals surface area contributed by atoms with Gasteiger partial charge in [-0.05, 0) is 54.4 Å². The molecule has 2 amide bonds. The quantitative estimate of drug-likeness (QED) is 0.350. The Bertz CT molecular complexity index is 1550. The lowest BCUT2D eigenvalue weighted by molar-refractivity contribution is -0.148. The molecule has 0 aliphatic carbocycles. The van der Waals surface area contributed by atoms with Crippen LogP contribution < -0.4 is 10.1 Å². The summed E-state index contributed by atoms with van der Waals surface area (Å²) in [7, 11) is 1.57. The highest BCUT2D eigenvalue weighted by molar-refractivity contribution is 6.31. The molecule has 42 heavy (non-hydrogen) atoms. The van der Waals surface area contributed by atoms with Gasteiger partial charge in [0.2, 0.25) is 6.10 Å². The molecule has 0 saturated heterocycles. The number of benzene rings is 3. The van der Waals surface area contributed by atoms with E-state index >= 15 is 0 Å². The summed E-state index contributed by atoms with van der Waals surface area (Å²) in [6.45, 7) is 0.852. The van der Waals surface area contributed by atoms with Crippen LogP contribution >= 0.6 is 11.6 Å². The van der Waals surface area contributed by atoms with Gasteiger partial charge < -0.3 is 29.6 Å². The number of aromatic carboxylic acids is 1.